The Bertz CT molecular complexity index is 525. The van der Waals surface area contributed by atoms with E-state index in [0.717, 1.165) is 36.0 Å². The van der Waals surface area contributed by atoms with Crippen molar-refractivity contribution in [3.05, 3.63) is 47.9 Å². The van der Waals surface area contributed by atoms with E-state index < -0.39 is 0 Å². The van der Waals surface area contributed by atoms with Gasteiger partial charge in [0.05, 0.1) is 12.2 Å². The van der Waals surface area contributed by atoms with Gasteiger partial charge in [0, 0.05) is 30.2 Å². The summed E-state index contributed by atoms with van der Waals surface area (Å²) in [7, 11) is 0. The zero-order valence-corrected chi connectivity index (χ0v) is 10.8. The molecule has 2 aromatic heterocycles. The van der Waals surface area contributed by atoms with Crippen molar-refractivity contribution in [2.24, 2.45) is 0 Å². The predicted molar refractivity (Wildman–Crippen MR) is 74.3 cm³/mol. The highest BCUT2D eigenvalue weighted by atomic mass is 15.2. The first kappa shape index (κ1) is 12.4. The molecule has 0 atom stereocenters. The van der Waals surface area contributed by atoms with Gasteiger partial charge in [0.25, 0.3) is 0 Å². The van der Waals surface area contributed by atoms with E-state index in [0.29, 0.717) is 0 Å². The SMILES string of the molecule is CCN(Cc1cccc(C)n1)c1cc(N)ccn1. The Morgan fingerprint density at radius 3 is 2.78 bits per heavy atom. The van der Waals surface area contributed by atoms with E-state index >= 15 is 0 Å². The van der Waals surface area contributed by atoms with E-state index in [1.165, 1.54) is 0 Å². The Kier molecular flexibility index (Phi) is 3.77. The number of aromatic nitrogens is 2. The number of hydrogen-bond donors (Lipinski definition) is 1. The van der Waals surface area contributed by atoms with Crippen LogP contribution in [0.2, 0.25) is 0 Å². The number of hydrogen-bond acceptors (Lipinski definition) is 4. The van der Waals surface area contributed by atoms with Crippen molar-refractivity contribution in [2.45, 2.75) is 20.4 Å². The molecule has 0 saturated carbocycles. The molecule has 2 aromatic rings. The summed E-state index contributed by atoms with van der Waals surface area (Å²) < 4.78 is 0. The van der Waals surface area contributed by atoms with Gasteiger partial charge in [-0.3, -0.25) is 4.98 Å². The third-order valence-electron chi connectivity index (χ3n) is 2.77. The molecule has 4 heteroatoms. The lowest BCUT2D eigenvalue weighted by Crippen LogP contribution is -2.23. The minimum Gasteiger partial charge on any atom is -0.399 e. The molecular weight excluding hydrogens is 224 g/mol. The minimum atomic E-state index is 0.732. The molecule has 0 unspecified atom stereocenters. The van der Waals surface area contributed by atoms with Crippen molar-refractivity contribution >= 4 is 11.5 Å². The topological polar surface area (TPSA) is 55.0 Å². The quantitative estimate of drug-likeness (QED) is 0.894. The van der Waals surface area contributed by atoms with Gasteiger partial charge in [-0.2, -0.15) is 0 Å². The maximum Gasteiger partial charge on any atom is 0.130 e. The Labute approximate surface area is 107 Å². The average molecular weight is 242 g/mol. The van der Waals surface area contributed by atoms with Crippen molar-refractivity contribution < 1.29 is 0 Å². The molecule has 0 saturated heterocycles. The number of aryl methyl sites for hydroxylation is 1. The molecule has 2 N–H and O–H groups in total. The fraction of sp³-hybridized carbons (Fsp3) is 0.286. The van der Waals surface area contributed by atoms with Crippen molar-refractivity contribution in [1.82, 2.24) is 9.97 Å². The van der Waals surface area contributed by atoms with Gasteiger partial charge in [-0.15, -0.1) is 0 Å². The van der Waals surface area contributed by atoms with Gasteiger partial charge in [-0.05, 0) is 32.0 Å². The minimum absolute atomic E-state index is 0.732. The molecule has 0 fully saturated rings. The van der Waals surface area contributed by atoms with Crippen LogP contribution in [0.3, 0.4) is 0 Å². The lowest BCUT2D eigenvalue weighted by molar-refractivity contribution is 0.791. The third-order valence-corrected chi connectivity index (χ3v) is 2.77. The van der Waals surface area contributed by atoms with Crippen LogP contribution in [0, 0.1) is 6.92 Å². The second-order valence-corrected chi connectivity index (χ2v) is 4.23. The zero-order chi connectivity index (χ0) is 13.0. The average Bonchev–Trinajstić information content (AvgIpc) is 2.36. The third kappa shape index (κ3) is 2.97. The van der Waals surface area contributed by atoms with Crippen molar-refractivity contribution in [3.8, 4) is 0 Å². The van der Waals surface area contributed by atoms with Crippen LogP contribution in [0.4, 0.5) is 11.5 Å². The van der Waals surface area contributed by atoms with Crippen LogP contribution < -0.4 is 10.6 Å². The summed E-state index contributed by atoms with van der Waals surface area (Å²) in [5.41, 5.74) is 8.59. The lowest BCUT2D eigenvalue weighted by Gasteiger charge is -2.21. The second kappa shape index (κ2) is 5.49. The summed E-state index contributed by atoms with van der Waals surface area (Å²) >= 11 is 0. The molecule has 0 amide bonds. The van der Waals surface area contributed by atoms with Crippen LogP contribution in [0.1, 0.15) is 18.3 Å². The largest absolute Gasteiger partial charge is 0.399 e. The predicted octanol–water partition coefficient (Wildman–Crippen LogP) is 2.39. The summed E-state index contributed by atoms with van der Waals surface area (Å²) in [5, 5.41) is 0. The van der Waals surface area contributed by atoms with Gasteiger partial charge < -0.3 is 10.6 Å². The van der Waals surface area contributed by atoms with Gasteiger partial charge >= 0.3 is 0 Å². The smallest absolute Gasteiger partial charge is 0.130 e. The number of nitrogens with two attached hydrogens (primary N) is 1. The molecule has 18 heavy (non-hydrogen) atoms. The van der Waals surface area contributed by atoms with Crippen molar-refractivity contribution in [2.75, 3.05) is 17.2 Å². The molecule has 0 spiro atoms. The summed E-state index contributed by atoms with van der Waals surface area (Å²) in [5.74, 6) is 0.890. The monoisotopic (exact) mass is 242 g/mol. The molecule has 2 rings (SSSR count). The Morgan fingerprint density at radius 1 is 1.28 bits per heavy atom. The fourth-order valence-electron chi connectivity index (χ4n) is 1.84. The van der Waals surface area contributed by atoms with Crippen LogP contribution in [-0.4, -0.2) is 16.5 Å². The molecule has 0 radical (unpaired) electrons. The first-order valence-corrected chi connectivity index (χ1v) is 6.08. The van der Waals surface area contributed by atoms with E-state index in [-0.39, 0.29) is 0 Å². The van der Waals surface area contributed by atoms with Crippen LogP contribution in [0.5, 0.6) is 0 Å². The van der Waals surface area contributed by atoms with E-state index in [9.17, 15) is 0 Å². The maximum atomic E-state index is 5.79. The van der Waals surface area contributed by atoms with Crippen LogP contribution >= 0.6 is 0 Å². The summed E-state index contributed by atoms with van der Waals surface area (Å²) in [4.78, 5) is 11.0. The van der Waals surface area contributed by atoms with Crippen LogP contribution in [-0.2, 0) is 6.54 Å². The highest BCUT2D eigenvalue weighted by Crippen LogP contribution is 2.16. The summed E-state index contributed by atoms with van der Waals surface area (Å²) in [6.45, 7) is 5.71. The highest BCUT2D eigenvalue weighted by Gasteiger charge is 2.07. The van der Waals surface area contributed by atoms with Gasteiger partial charge in [-0.1, -0.05) is 6.07 Å². The Hall–Kier alpha value is -2.10. The number of pyridine rings is 2. The molecular formula is C14H18N4. The standard InChI is InChI=1S/C14H18N4/c1-3-18(14-9-12(15)7-8-16-14)10-13-6-4-5-11(2)17-13/h4-9H,3,10H2,1-2H3,(H2,15,16). The molecule has 0 bridgehead atoms. The molecule has 4 nitrogen and oxygen atoms in total. The van der Waals surface area contributed by atoms with Crippen LogP contribution in [0.25, 0.3) is 0 Å². The van der Waals surface area contributed by atoms with Gasteiger partial charge in [0.2, 0.25) is 0 Å². The van der Waals surface area contributed by atoms with Gasteiger partial charge in [-0.25, -0.2) is 4.98 Å². The first-order valence-electron chi connectivity index (χ1n) is 6.08. The van der Waals surface area contributed by atoms with Crippen molar-refractivity contribution in [3.63, 3.8) is 0 Å². The normalized spacial score (nSPS) is 10.3. The van der Waals surface area contributed by atoms with Gasteiger partial charge in [0.15, 0.2) is 0 Å². The maximum absolute atomic E-state index is 5.79. The number of nitrogen functional groups attached to an aromatic ring is 1. The van der Waals surface area contributed by atoms with Crippen molar-refractivity contribution in [1.29, 1.82) is 0 Å². The van der Waals surface area contributed by atoms with Gasteiger partial charge in [0.1, 0.15) is 5.82 Å². The number of anilines is 2. The number of nitrogens with zero attached hydrogens (tertiary/aromatic N) is 3. The number of rotatable bonds is 4. The second-order valence-electron chi connectivity index (χ2n) is 4.23. The molecule has 0 aliphatic heterocycles. The molecule has 2 heterocycles. The van der Waals surface area contributed by atoms with Crippen LogP contribution in [0.15, 0.2) is 36.5 Å². The fourth-order valence-corrected chi connectivity index (χ4v) is 1.84. The highest BCUT2D eigenvalue weighted by molar-refractivity contribution is 5.50. The lowest BCUT2D eigenvalue weighted by atomic mass is 10.3. The molecule has 0 aliphatic carbocycles. The summed E-state index contributed by atoms with van der Waals surface area (Å²) in [6.07, 6.45) is 1.73. The van der Waals surface area contributed by atoms with E-state index in [1.807, 2.05) is 31.2 Å². The first-order chi connectivity index (χ1) is 8.69. The van der Waals surface area contributed by atoms with E-state index in [4.69, 9.17) is 5.73 Å². The Balaban J connectivity index is 2.19. The zero-order valence-electron chi connectivity index (χ0n) is 10.8. The van der Waals surface area contributed by atoms with E-state index in [2.05, 4.69) is 21.8 Å². The molecule has 0 aromatic carbocycles. The molecule has 0 aliphatic rings. The van der Waals surface area contributed by atoms with E-state index in [1.54, 1.807) is 12.3 Å². The Morgan fingerprint density at radius 2 is 2.11 bits per heavy atom. The molecule has 94 valence electrons. The summed E-state index contributed by atoms with van der Waals surface area (Å²) in [6, 6.07) is 9.74.